The van der Waals surface area contributed by atoms with Gasteiger partial charge in [0.15, 0.2) is 0 Å². The maximum Gasteiger partial charge on any atom is 0.145 e. The maximum atomic E-state index is 13.0. The molecule has 4 heteroatoms. The summed E-state index contributed by atoms with van der Waals surface area (Å²) in [6, 6.07) is 4.31. The van der Waals surface area contributed by atoms with Gasteiger partial charge in [-0.2, -0.15) is 5.26 Å². The Morgan fingerprint density at radius 3 is 3.08 bits per heavy atom. The van der Waals surface area contributed by atoms with Crippen LogP contribution >= 0.6 is 0 Å². The molecule has 0 saturated carbocycles. The highest BCUT2D eigenvalue weighted by atomic mass is 19.1. The van der Waals surface area contributed by atoms with Gasteiger partial charge in [0.05, 0.1) is 6.04 Å². The van der Waals surface area contributed by atoms with Crippen molar-refractivity contribution in [3.8, 4) is 11.8 Å². The van der Waals surface area contributed by atoms with Crippen LogP contribution < -0.4 is 10.5 Å². The summed E-state index contributed by atoms with van der Waals surface area (Å²) >= 11 is 0. The van der Waals surface area contributed by atoms with Crippen LogP contribution in [0.3, 0.4) is 0 Å². The monoisotopic (exact) mass is 178 g/mol. The Kier molecular flexibility index (Phi) is 1.67. The molecule has 0 unspecified atom stereocenters. The highest BCUT2D eigenvalue weighted by Crippen LogP contribution is 2.34. The van der Waals surface area contributed by atoms with E-state index in [0.717, 1.165) is 0 Å². The first-order valence-corrected chi connectivity index (χ1v) is 3.85. The Morgan fingerprint density at radius 2 is 2.38 bits per heavy atom. The average Bonchev–Trinajstić information content (AvgIpc) is 2.48. The van der Waals surface area contributed by atoms with Crippen LogP contribution in [0.2, 0.25) is 0 Å². The number of benzene rings is 1. The predicted octanol–water partition coefficient (Wildman–Crippen LogP) is 1.09. The van der Waals surface area contributed by atoms with Crippen LogP contribution in [-0.2, 0) is 0 Å². The van der Waals surface area contributed by atoms with Gasteiger partial charge in [-0.3, -0.25) is 0 Å². The van der Waals surface area contributed by atoms with Crippen molar-refractivity contribution in [3.05, 3.63) is 29.1 Å². The summed E-state index contributed by atoms with van der Waals surface area (Å²) in [5.74, 6) is -0.259. The van der Waals surface area contributed by atoms with Gasteiger partial charge in [0.2, 0.25) is 0 Å². The molecule has 1 heterocycles. The molecule has 0 fully saturated rings. The third-order valence-corrected chi connectivity index (χ3v) is 2.06. The van der Waals surface area contributed by atoms with E-state index in [9.17, 15) is 4.39 Å². The van der Waals surface area contributed by atoms with Crippen molar-refractivity contribution in [2.75, 3.05) is 6.61 Å². The van der Waals surface area contributed by atoms with Crippen molar-refractivity contribution in [2.24, 2.45) is 5.73 Å². The van der Waals surface area contributed by atoms with Gasteiger partial charge in [-0.15, -0.1) is 0 Å². The average molecular weight is 178 g/mol. The second kappa shape index (κ2) is 2.71. The smallest absolute Gasteiger partial charge is 0.145 e. The fourth-order valence-electron chi connectivity index (χ4n) is 1.39. The molecule has 1 aromatic rings. The molecular formula is C9H7FN2O. The van der Waals surface area contributed by atoms with E-state index in [-0.39, 0.29) is 11.6 Å². The molecule has 0 bridgehead atoms. The summed E-state index contributed by atoms with van der Waals surface area (Å²) in [6.45, 7) is 0.313. The van der Waals surface area contributed by atoms with Crippen LogP contribution in [0.15, 0.2) is 12.1 Å². The quantitative estimate of drug-likeness (QED) is 0.646. The number of hydrogen-bond acceptors (Lipinski definition) is 3. The van der Waals surface area contributed by atoms with Gasteiger partial charge in [0.1, 0.15) is 29.8 Å². The lowest BCUT2D eigenvalue weighted by atomic mass is 10.1. The highest BCUT2D eigenvalue weighted by Gasteiger charge is 2.25. The minimum Gasteiger partial charge on any atom is -0.490 e. The zero-order valence-electron chi connectivity index (χ0n) is 6.75. The highest BCUT2D eigenvalue weighted by molar-refractivity contribution is 5.52. The third-order valence-electron chi connectivity index (χ3n) is 2.06. The summed E-state index contributed by atoms with van der Waals surface area (Å²) in [5.41, 5.74) is 6.32. The lowest BCUT2D eigenvalue weighted by Gasteiger charge is -2.01. The number of nitrogens with two attached hydrogens (primary N) is 1. The largest absolute Gasteiger partial charge is 0.490 e. The molecular weight excluding hydrogens is 171 g/mol. The van der Waals surface area contributed by atoms with E-state index in [1.807, 2.05) is 0 Å². The molecule has 0 aliphatic carbocycles. The van der Waals surface area contributed by atoms with Crippen LogP contribution in [0.5, 0.6) is 5.75 Å². The number of nitriles is 1. The number of rotatable bonds is 0. The Balaban J connectivity index is 2.66. The van der Waals surface area contributed by atoms with E-state index >= 15 is 0 Å². The molecule has 0 aromatic heterocycles. The molecule has 1 aliphatic rings. The molecule has 0 radical (unpaired) electrons. The normalized spacial score (nSPS) is 19.0. The fourth-order valence-corrected chi connectivity index (χ4v) is 1.39. The van der Waals surface area contributed by atoms with E-state index in [0.29, 0.717) is 17.9 Å². The first-order chi connectivity index (χ1) is 6.24. The van der Waals surface area contributed by atoms with Crippen molar-refractivity contribution in [1.29, 1.82) is 5.26 Å². The maximum absolute atomic E-state index is 13.0. The van der Waals surface area contributed by atoms with Gasteiger partial charge >= 0.3 is 0 Å². The SMILES string of the molecule is N#Cc1c(F)ccc2c1OC[C@H]2N. The third kappa shape index (κ3) is 1.05. The molecule has 0 saturated heterocycles. The van der Waals surface area contributed by atoms with Crippen molar-refractivity contribution < 1.29 is 9.13 Å². The molecule has 3 nitrogen and oxygen atoms in total. The van der Waals surface area contributed by atoms with E-state index in [2.05, 4.69) is 0 Å². The predicted molar refractivity (Wildman–Crippen MR) is 43.5 cm³/mol. The Hall–Kier alpha value is -1.60. The summed E-state index contributed by atoms with van der Waals surface area (Å²) in [4.78, 5) is 0. The minimum absolute atomic E-state index is 0.0505. The van der Waals surface area contributed by atoms with E-state index in [1.54, 1.807) is 12.1 Å². The number of halogens is 1. The zero-order valence-corrected chi connectivity index (χ0v) is 6.75. The van der Waals surface area contributed by atoms with Crippen LogP contribution in [0.4, 0.5) is 4.39 Å². The molecule has 0 spiro atoms. The Morgan fingerprint density at radius 1 is 1.62 bits per heavy atom. The summed E-state index contributed by atoms with van der Waals surface area (Å²) in [6.07, 6.45) is 0. The number of hydrogen-bond donors (Lipinski definition) is 1. The zero-order chi connectivity index (χ0) is 9.42. The molecule has 1 aromatic carbocycles. The Labute approximate surface area is 74.5 Å². The fraction of sp³-hybridized carbons (Fsp3) is 0.222. The molecule has 2 N–H and O–H groups in total. The topological polar surface area (TPSA) is 59.0 Å². The van der Waals surface area contributed by atoms with Gasteiger partial charge in [0, 0.05) is 5.56 Å². The first-order valence-electron chi connectivity index (χ1n) is 3.85. The van der Waals surface area contributed by atoms with Crippen molar-refractivity contribution >= 4 is 0 Å². The minimum atomic E-state index is -0.560. The summed E-state index contributed by atoms with van der Waals surface area (Å²) < 4.78 is 18.2. The van der Waals surface area contributed by atoms with Gasteiger partial charge in [0.25, 0.3) is 0 Å². The lowest BCUT2D eigenvalue weighted by Crippen LogP contribution is -2.10. The molecule has 1 atom stereocenters. The second-order valence-corrected chi connectivity index (χ2v) is 2.87. The van der Waals surface area contributed by atoms with Crippen molar-refractivity contribution in [1.82, 2.24) is 0 Å². The number of fused-ring (bicyclic) bond motifs is 1. The van der Waals surface area contributed by atoms with Crippen LogP contribution in [0.25, 0.3) is 0 Å². The summed E-state index contributed by atoms with van der Waals surface area (Å²) in [7, 11) is 0. The Bertz CT molecular complexity index is 397. The van der Waals surface area contributed by atoms with Gasteiger partial charge in [-0.25, -0.2) is 4.39 Å². The second-order valence-electron chi connectivity index (χ2n) is 2.87. The van der Waals surface area contributed by atoms with Crippen LogP contribution in [0, 0.1) is 17.1 Å². The molecule has 2 rings (SSSR count). The molecule has 1 aliphatic heterocycles. The van der Waals surface area contributed by atoms with Gasteiger partial charge in [-0.1, -0.05) is 6.07 Å². The standard InChI is InChI=1S/C9H7FN2O/c10-7-2-1-5-8(12)4-13-9(5)6(7)3-11/h1-2,8H,4,12H2/t8-/m1/s1. The van der Waals surface area contributed by atoms with E-state index < -0.39 is 5.82 Å². The van der Waals surface area contributed by atoms with Crippen molar-refractivity contribution in [2.45, 2.75) is 6.04 Å². The van der Waals surface area contributed by atoms with E-state index in [4.69, 9.17) is 15.7 Å². The number of nitrogens with zero attached hydrogens (tertiary/aromatic N) is 1. The first kappa shape index (κ1) is 8.02. The van der Waals surface area contributed by atoms with Crippen molar-refractivity contribution in [3.63, 3.8) is 0 Å². The molecule has 66 valence electrons. The van der Waals surface area contributed by atoms with E-state index in [1.165, 1.54) is 6.07 Å². The lowest BCUT2D eigenvalue weighted by molar-refractivity contribution is 0.331. The number of ether oxygens (including phenoxy) is 1. The molecule has 13 heavy (non-hydrogen) atoms. The van der Waals surface area contributed by atoms with Crippen LogP contribution in [-0.4, -0.2) is 6.61 Å². The van der Waals surface area contributed by atoms with Gasteiger partial charge in [-0.05, 0) is 6.07 Å². The van der Waals surface area contributed by atoms with Gasteiger partial charge < -0.3 is 10.5 Å². The van der Waals surface area contributed by atoms with Crippen LogP contribution in [0.1, 0.15) is 17.2 Å². The molecule has 0 amide bonds. The summed E-state index contributed by atoms with van der Waals surface area (Å²) in [5, 5.41) is 8.66.